The Balaban J connectivity index is 2.24. The van der Waals surface area contributed by atoms with E-state index in [-0.39, 0.29) is 5.56 Å². The van der Waals surface area contributed by atoms with Gasteiger partial charge in [-0.2, -0.15) is 0 Å². The number of ether oxygens (including phenoxy) is 1. The minimum absolute atomic E-state index is 0.278. The highest BCUT2D eigenvalue weighted by atomic mass is 127. The maximum absolute atomic E-state index is 10.9. The van der Waals surface area contributed by atoms with Crippen LogP contribution in [0.25, 0.3) is 0 Å². The first kappa shape index (κ1) is 17.3. The van der Waals surface area contributed by atoms with Crippen LogP contribution in [0.3, 0.4) is 0 Å². The van der Waals surface area contributed by atoms with Crippen LogP contribution in [0.4, 0.5) is 0 Å². The van der Waals surface area contributed by atoms with Crippen LogP contribution in [-0.2, 0) is 0 Å². The topological polar surface area (TPSA) is 46.5 Å². The second kappa shape index (κ2) is 10.0. The average Bonchev–Trinajstić information content (AvgIpc) is 2.43. The van der Waals surface area contributed by atoms with Crippen LogP contribution in [-0.4, -0.2) is 17.7 Å². The third-order valence-electron chi connectivity index (χ3n) is 3.18. The van der Waals surface area contributed by atoms with Crippen molar-refractivity contribution in [2.45, 2.75) is 51.9 Å². The Bertz CT molecular complexity index is 418. The van der Waals surface area contributed by atoms with Crippen LogP contribution in [0.15, 0.2) is 18.2 Å². The predicted molar refractivity (Wildman–Crippen MR) is 89.6 cm³/mol. The Morgan fingerprint density at radius 1 is 1.15 bits per heavy atom. The smallest absolute Gasteiger partial charge is 0.335 e. The van der Waals surface area contributed by atoms with Gasteiger partial charge in [-0.3, -0.25) is 0 Å². The fourth-order valence-electron chi connectivity index (χ4n) is 1.99. The van der Waals surface area contributed by atoms with Crippen molar-refractivity contribution in [3.05, 3.63) is 27.3 Å². The number of hydrogen-bond donors (Lipinski definition) is 1. The molecule has 0 amide bonds. The van der Waals surface area contributed by atoms with Crippen LogP contribution in [0, 0.1) is 3.57 Å². The normalized spacial score (nSPS) is 10.5. The van der Waals surface area contributed by atoms with Crippen LogP contribution < -0.4 is 4.74 Å². The van der Waals surface area contributed by atoms with Gasteiger partial charge >= 0.3 is 5.97 Å². The zero-order valence-corrected chi connectivity index (χ0v) is 14.2. The second-order valence-electron chi connectivity index (χ2n) is 4.92. The molecule has 20 heavy (non-hydrogen) atoms. The van der Waals surface area contributed by atoms with E-state index in [0.29, 0.717) is 12.4 Å². The van der Waals surface area contributed by atoms with E-state index in [1.807, 2.05) is 0 Å². The molecule has 0 unspecified atom stereocenters. The fraction of sp³-hybridized carbons (Fsp3) is 0.562. The van der Waals surface area contributed by atoms with Gasteiger partial charge in [-0.05, 0) is 47.2 Å². The lowest BCUT2D eigenvalue weighted by molar-refractivity contribution is 0.0696. The first-order valence-corrected chi connectivity index (χ1v) is 8.38. The third-order valence-corrected chi connectivity index (χ3v) is 4.07. The van der Waals surface area contributed by atoms with E-state index >= 15 is 0 Å². The molecule has 0 saturated carbocycles. The summed E-state index contributed by atoms with van der Waals surface area (Å²) in [4.78, 5) is 10.9. The molecule has 0 aliphatic rings. The average molecular weight is 390 g/mol. The van der Waals surface area contributed by atoms with E-state index in [9.17, 15) is 4.79 Å². The molecule has 0 radical (unpaired) electrons. The molecule has 0 fully saturated rings. The first-order chi connectivity index (χ1) is 9.65. The summed E-state index contributed by atoms with van der Waals surface area (Å²) in [6.45, 7) is 2.88. The van der Waals surface area contributed by atoms with Gasteiger partial charge in [0.25, 0.3) is 0 Å². The molecule has 4 heteroatoms. The summed E-state index contributed by atoms with van der Waals surface area (Å²) in [6.07, 6.45) is 8.71. The van der Waals surface area contributed by atoms with Gasteiger partial charge in [0.15, 0.2) is 0 Å². The van der Waals surface area contributed by atoms with E-state index in [1.165, 1.54) is 38.5 Å². The maximum Gasteiger partial charge on any atom is 0.335 e. The summed E-state index contributed by atoms with van der Waals surface area (Å²) in [6, 6.07) is 4.99. The van der Waals surface area contributed by atoms with Gasteiger partial charge < -0.3 is 9.84 Å². The molecule has 0 aromatic heterocycles. The lowest BCUT2D eigenvalue weighted by Crippen LogP contribution is -2.02. The number of halogens is 1. The molecule has 112 valence electrons. The number of hydrogen-bond acceptors (Lipinski definition) is 2. The van der Waals surface area contributed by atoms with Gasteiger partial charge in [0, 0.05) is 0 Å². The summed E-state index contributed by atoms with van der Waals surface area (Å²) in [5.41, 5.74) is 0.278. The van der Waals surface area contributed by atoms with Crippen LogP contribution in [0.5, 0.6) is 5.75 Å². The molecule has 3 nitrogen and oxygen atoms in total. The lowest BCUT2D eigenvalue weighted by atomic mass is 10.1. The van der Waals surface area contributed by atoms with Crippen molar-refractivity contribution in [2.24, 2.45) is 0 Å². The molecule has 0 saturated heterocycles. The zero-order chi connectivity index (χ0) is 14.8. The van der Waals surface area contributed by atoms with E-state index in [0.717, 1.165) is 9.99 Å². The molecule has 0 aliphatic carbocycles. The summed E-state index contributed by atoms with van der Waals surface area (Å²) in [7, 11) is 0. The third kappa shape index (κ3) is 6.59. The quantitative estimate of drug-likeness (QED) is 0.446. The van der Waals surface area contributed by atoms with Crippen molar-refractivity contribution in [1.82, 2.24) is 0 Å². The van der Waals surface area contributed by atoms with E-state index in [4.69, 9.17) is 9.84 Å². The van der Waals surface area contributed by atoms with Gasteiger partial charge in [-0.25, -0.2) is 4.79 Å². The Morgan fingerprint density at radius 3 is 2.45 bits per heavy atom. The van der Waals surface area contributed by atoms with Crippen LogP contribution in [0.1, 0.15) is 62.2 Å². The van der Waals surface area contributed by atoms with Crippen molar-refractivity contribution in [3.63, 3.8) is 0 Å². The maximum atomic E-state index is 10.9. The highest BCUT2D eigenvalue weighted by molar-refractivity contribution is 14.1. The molecular formula is C16H23IO3. The monoisotopic (exact) mass is 390 g/mol. The van der Waals surface area contributed by atoms with Gasteiger partial charge in [-0.1, -0.05) is 45.4 Å². The highest BCUT2D eigenvalue weighted by Crippen LogP contribution is 2.22. The number of aromatic carboxylic acids is 1. The number of carbonyl (C=O) groups is 1. The first-order valence-electron chi connectivity index (χ1n) is 7.30. The molecular weight excluding hydrogens is 367 g/mol. The van der Waals surface area contributed by atoms with Gasteiger partial charge in [0.1, 0.15) is 5.75 Å². The molecule has 1 aromatic carbocycles. The zero-order valence-electron chi connectivity index (χ0n) is 12.0. The fourth-order valence-corrected chi connectivity index (χ4v) is 2.48. The number of benzene rings is 1. The molecule has 0 atom stereocenters. The van der Waals surface area contributed by atoms with Gasteiger partial charge in [-0.15, -0.1) is 0 Å². The van der Waals surface area contributed by atoms with Gasteiger partial charge in [0.05, 0.1) is 15.7 Å². The SMILES string of the molecule is CCCCCCCCCOc1cc(C(=O)O)ccc1I. The molecule has 0 bridgehead atoms. The molecule has 1 N–H and O–H groups in total. The second-order valence-corrected chi connectivity index (χ2v) is 6.08. The van der Waals surface area contributed by atoms with Crippen LogP contribution >= 0.6 is 22.6 Å². The molecule has 1 aromatic rings. The number of carboxylic acids is 1. The molecule has 1 rings (SSSR count). The standard InChI is InChI=1S/C16H23IO3/c1-2-3-4-5-6-7-8-11-20-15-12-13(16(18)19)9-10-14(15)17/h9-10,12H,2-8,11H2,1H3,(H,18,19). The molecule has 0 spiro atoms. The largest absolute Gasteiger partial charge is 0.492 e. The summed E-state index contributed by atoms with van der Waals surface area (Å²) in [5.74, 6) is -0.237. The Labute approximate surface area is 134 Å². The van der Waals surface area contributed by atoms with Crippen molar-refractivity contribution >= 4 is 28.6 Å². The Kier molecular flexibility index (Phi) is 8.65. The lowest BCUT2D eigenvalue weighted by Gasteiger charge is -2.09. The predicted octanol–water partition coefficient (Wildman–Crippen LogP) is 5.12. The molecule has 0 aliphatic heterocycles. The van der Waals surface area contributed by atoms with E-state index in [2.05, 4.69) is 29.5 Å². The van der Waals surface area contributed by atoms with E-state index in [1.54, 1.807) is 18.2 Å². The Hall–Kier alpha value is -0.780. The van der Waals surface area contributed by atoms with Gasteiger partial charge in [0.2, 0.25) is 0 Å². The highest BCUT2D eigenvalue weighted by Gasteiger charge is 2.07. The summed E-state index contributed by atoms with van der Waals surface area (Å²) >= 11 is 2.17. The van der Waals surface area contributed by atoms with E-state index < -0.39 is 5.97 Å². The Morgan fingerprint density at radius 2 is 1.80 bits per heavy atom. The minimum atomic E-state index is -0.915. The minimum Gasteiger partial charge on any atom is -0.492 e. The number of rotatable bonds is 10. The van der Waals surface area contributed by atoms with Crippen molar-refractivity contribution in [1.29, 1.82) is 0 Å². The number of unbranched alkanes of at least 4 members (excludes halogenated alkanes) is 6. The van der Waals surface area contributed by atoms with Crippen LogP contribution in [0.2, 0.25) is 0 Å². The van der Waals surface area contributed by atoms with Crippen molar-refractivity contribution in [3.8, 4) is 5.75 Å². The summed E-state index contributed by atoms with van der Waals surface area (Å²) in [5, 5.41) is 8.95. The number of carboxylic acid groups (broad SMARTS) is 1. The molecule has 0 heterocycles. The summed E-state index contributed by atoms with van der Waals surface area (Å²) < 4.78 is 6.64. The van der Waals surface area contributed by atoms with Crippen molar-refractivity contribution in [2.75, 3.05) is 6.61 Å². The van der Waals surface area contributed by atoms with Crippen molar-refractivity contribution < 1.29 is 14.6 Å².